The molecule has 1 amide bonds. The van der Waals surface area contributed by atoms with Crippen LogP contribution >= 0.6 is 0 Å². The smallest absolute Gasteiger partial charge is 0.270 e. The van der Waals surface area contributed by atoms with Crippen molar-refractivity contribution in [2.45, 2.75) is 31.7 Å². The predicted molar refractivity (Wildman–Crippen MR) is 130 cm³/mol. The molecule has 3 aromatic rings. The number of amides is 1. The minimum atomic E-state index is -0.0565. The molecule has 174 valence electrons. The van der Waals surface area contributed by atoms with E-state index in [1.54, 1.807) is 19.0 Å². The molecular formula is C23H31N9O. The Hall–Kier alpha value is -3.40. The third-order valence-corrected chi connectivity index (χ3v) is 6.51. The molecule has 1 saturated heterocycles. The number of nitrogens with one attached hydrogen (secondary N) is 2. The first-order valence-electron chi connectivity index (χ1n) is 11.6. The zero-order valence-electron chi connectivity index (χ0n) is 19.2. The molecule has 10 nitrogen and oxygen atoms in total. The van der Waals surface area contributed by atoms with Crippen LogP contribution < -0.4 is 21.3 Å². The molecule has 0 bridgehead atoms. The molecule has 0 aromatic carbocycles. The molecule has 1 aliphatic heterocycles. The summed E-state index contributed by atoms with van der Waals surface area (Å²) < 4.78 is 2.06. The molecule has 4 N–H and O–H groups in total. The van der Waals surface area contributed by atoms with E-state index in [2.05, 4.69) is 36.1 Å². The average molecular weight is 450 g/mol. The van der Waals surface area contributed by atoms with Gasteiger partial charge in [0.2, 0.25) is 5.95 Å². The van der Waals surface area contributed by atoms with E-state index in [0.717, 1.165) is 57.5 Å². The van der Waals surface area contributed by atoms with Gasteiger partial charge in [-0.3, -0.25) is 4.79 Å². The molecule has 33 heavy (non-hydrogen) atoms. The van der Waals surface area contributed by atoms with Crippen LogP contribution in [0.5, 0.6) is 0 Å². The normalized spacial score (nSPS) is 17.0. The molecule has 0 spiro atoms. The first-order chi connectivity index (χ1) is 16.0. The average Bonchev–Trinajstić information content (AvgIpc) is 3.47. The fourth-order valence-corrected chi connectivity index (χ4v) is 4.78. The lowest BCUT2D eigenvalue weighted by Gasteiger charge is -2.29. The predicted octanol–water partition coefficient (Wildman–Crippen LogP) is 2.38. The Morgan fingerprint density at radius 3 is 2.61 bits per heavy atom. The maximum Gasteiger partial charge on any atom is 0.270 e. The minimum absolute atomic E-state index is 0.0565. The zero-order valence-corrected chi connectivity index (χ0v) is 19.2. The highest BCUT2D eigenvalue weighted by Gasteiger charge is 2.27. The molecule has 3 aromatic heterocycles. The number of piperazine rings is 1. The number of nitrogen functional groups attached to an aromatic ring is 1. The van der Waals surface area contributed by atoms with E-state index < -0.39 is 0 Å². The Labute approximate surface area is 193 Å². The molecule has 1 aliphatic carbocycles. The lowest BCUT2D eigenvalue weighted by Crippen LogP contribution is -2.43. The first kappa shape index (κ1) is 21.4. The number of hydrogen-bond acceptors (Lipinski definition) is 8. The molecule has 0 radical (unpaired) electrons. The number of aromatic nitrogens is 4. The van der Waals surface area contributed by atoms with Gasteiger partial charge in [-0.2, -0.15) is 9.97 Å². The molecule has 1 saturated carbocycles. The van der Waals surface area contributed by atoms with Gasteiger partial charge in [-0.15, -0.1) is 0 Å². The van der Waals surface area contributed by atoms with Crippen molar-refractivity contribution in [3.63, 3.8) is 0 Å². The maximum atomic E-state index is 12.9. The third-order valence-electron chi connectivity index (χ3n) is 6.51. The van der Waals surface area contributed by atoms with Crippen LogP contribution in [0.15, 0.2) is 24.4 Å². The number of carbonyl (C=O) groups excluding carboxylic acids is 1. The van der Waals surface area contributed by atoms with Gasteiger partial charge in [0.05, 0.1) is 17.3 Å². The number of anilines is 4. The summed E-state index contributed by atoms with van der Waals surface area (Å²) in [7, 11) is 3.52. The van der Waals surface area contributed by atoms with E-state index >= 15 is 0 Å². The third kappa shape index (κ3) is 4.18. The highest BCUT2D eigenvalue weighted by Crippen LogP contribution is 2.36. The van der Waals surface area contributed by atoms with E-state index in [4.69, 9.17) is 10.7 Å². The van der Waals surface area contributed by atoms with Crippen molar-refractivity contribution < 1.29 is 4.79 Å². The van der Waals surface area contributed by atoms with Crippen molar-refractivity contribution in [2.24, 2.45) is 0 Å². The molecular weight excluding hydrogens is 418 g/mol. The minimum Gasteiger partial charge on any atom is -0.383 e. The van der Waals surface area contributed by atoms with Crippen LogP contribution in [-0.2, 0) is 0 Å². The van der Waals surface area contributed by atoms with Crippen molar-refractivity contribution in [1.82, 2.24) is 29.7 Å². The second-order valence-electron chi connectivity index (χ2n) is 8.97. The van der Waals surface area contributed by atoms with E-state index in [0.29, 0.717) is 34.3 Å². The fraction of sp³-hybridized carbons (Fsp3) is 0.478. The monoisotopic (exact) mass is 449 g/mol. The number of nitrogens with zero attached hydrogens (tertiary/aromatic N) is 6. The van der Waals surface area contributed by atoms with Gasteiger partial charge in [0.1, 0.15) is 23.0 Å². The molecule has 10 heteroatoms. The van der Waals surface area contributed by atoms with Crippen molar-refractivity contribution in [3.8, 4) is 0 Å². The zero-order chi connectivity index (χ0) is 22.9. The van der Waals surface area contributed by atoms with Gasteiger partial charge in [-0.05, 0) is 31.0 Å². The standard InChI is InChI=1S/C23H31N9O/c1-30(2)22(33)18-13-17-20(24)28-23(29-21(17)32(18)15-5-3-4-6-15)27-19-8-7-16(14-26-19)31-11-9-25-10-12-31/h7-8,13-15,25H,3-6,9-12H2,1-2H3,(H3,24,26,27,28,29). The van der Waals surface area contributed by atoms with Crippen LogP contribution in [0.4, 0.5) is 23.3 Å². The Morgan fingerprint density at radius 2 is 1.94 bits per heavy atom. The van der Waals surface area contributed by atoms with Crippen molar-refractivity contribution in [2.75, 3.05) is 56.2 Å². The van der Waals surface area contributed by atoms with Gasteiger partial charge >= 0.3 is 0 Å². The molecule has 0 unspecified atom stereocenters. The fourth-order valence-electron chi connectivity index (χ4n) is 4.78. The Bertz CT molecular complexity index is 1140. The summed E-state index contributed by atoms with van der Waals surface area (Å²) in [6, 6.07) is 6.05. The second-order valence-corrected chi connectivity index (χ2v) is 8.97. The first-order valence-corrected chi connectivity index (χ1v) is 11.6. The van der Waals surface area contributed by atoms with Crippen molar-refractivity contribution >= 4 is 40.2 Å². The van der Waals surface area contributed by atoms with Crippen molar-refractivity contribution in [3.05, 3.63) is 30.1 Å². The van der Waals surface area contributed by atoms with Crippen LogP contribution in [0.3, 0.4) is 0 Å². The van der Waals surface area contributed by atoms with E-state index in [9.17, 15) is 4.79 Å². The summed E-state index contributed by atoms with van der Waals surface area (Å²) in [6.45, 7) is 3.89. The lowest BCUT2D eigenvalue weighted by molar-refractivity contribution is 0.0815. The van der Waals surface area contributed by atoms with Crippen molar-refractivity contribution in [1.29, 1.82) is 0 Å². The quantitative estimate of drug-likeness (QED) is 0.544. The largest absolute Gasteiger partial charge is 0.383 e. The summed E-state index contributed by atoms with van der Waals surface area (Å²) in [5.74, 6) is 1.32. The van der Waals surface area contributed by atoms with E-state index in [1.807, 2.05) is 18.3 Å². The van der Waals surface area contributed by atoms with Crippen LogP contribution in [0.2, 0.25) is 0 Å². The number of nitrogens with two attached hydrogens (primary N) is 1. The van der Waals surface area contributed by atoms with Gasteiger partial charge in [-0.1, -0.05) is 12.8 Å². The highest BCUT2D eigenvalue weighted by molar-refractivity contribution is 6.00. The number of fused-ring (bicyclic) bond motifs is 1. The van der Waals surface area contributed by atoms with E-state index in [1.165, 1.54) is 0 Å². The van der Waals surface area contributed by atoms with Gasteiger partial charge in [0.15, 0.2) is 0 Å². The van der Waals surface area contributed by atoms with Gasteiger partial charge in [0, 0.05) is 46.3 Å². The Kier molecular flexibility index (Phi) is 5.76. The van der Waals surface area contributed by atoms with Gasteiger partial charge < -0.3 is 30.7 Å². The Balaban J connectivity index is 1.48. The van der Waals surface area contributed by atoms with Crippen LogP contribution in [-0.4, -0.2) is 70.6 Å². The molecule has 2 fully saturated rings. The molecule has 4 heterocycles. The number of hydrogen-bond donors (Lipinski definition) is 3. The molecule has 0 atom stereocenters. The maximum absolute atomic E-state index is 12.9. The summed E-state index contributed by atoms with van der Waals surface area (Å²) in [5.41, 5.74) is 8.73. The van der Waals surface area contributed by atoms with Crippen LogP contribution in [0.25, 0.3) is 11.0 Å². The van der Waals surface area contributed by atoms with Crippen LogP contribution in [0.1, 0.15) is 42.2 Å². The topological polar surface area (TPSA) is 117 Å². The number of rotatable bonds is 5. The highest BCUT2D eigenvalue weighted by atomic mass is 16.2. The summed E-state index contributed by atoms with van der Waals surface area (Å²) in [4.78, 5) is 30.6. The SMILES string of the molecule is CN(C)C(=O)c1cc2c(N)nc(Nc3ccc(N4CCNCC4)cn3)nc2n1C1CCCC1. The summed E-state index contributed by atoms with van der Waals surface area (Å²) >= 11 is 0. The lowest BCUT2D eigenvalue weighted by atomic mass is 10.2. The van der Waals surface area contributed by atoms with Gasteiger partial charge in [0.25, 0.3) is 5.91 Å². The number of pyridine rings is 1. The summed E-state index contributed by atoms with van der Waals surface area (Å²) in [6.07, 6.45) is 6.22. The Morgan fingerprint density at radius 1 is 1.18 bits per heavy atom. The number of carbonyl (C=O) groups is 1. The van der Waals surface area contributed by atoms with Gasteiger partial charge in [-0.25, -0.2) is 4.98 Å². The van der Waals surface area contributed by atoms with Crippen LogP contribution in [0, 0.1) is 0 Å². The molecule has 5 rings (SSSR count). The summed E-state index contributed by atoms with van der Waals surface area (Å²) in [5, 5.41) is 7.26. The second kappa shape index (κ2) is 8.86. The van der Waals surface area contributed by atoms with E-state index in [-0.39, 0.29) is 11.9 Å². The molecule has 2 aliphatic rings.